The molecule has 0 bridgehead atoms. The lowest BCUT2D eigenvalue weighted by Gasteiger charge is -2.29. The Hall–Kier alpha value is -3.38. The van der Waals surface area contributed by atoms with Gasteiger partial charge in [-0.3, -0.25) is 0 Å². The molecule has 0 spiro atoms. The molecule has 4 aromatic rings. The fraction of sp³-hybridized carbons (Fsp3) is 0.280. The van der Waals surface area contributed by atoms with Crippen LogP contribution in [-0.4, -0.2) is 48.4 Å². The fourth-order valence-electron chi connectivity index (χ4n) is 4.25. The topological polar surface area (TPSA) is 56.6 Å². The van der Waals surface area contributed by atoms with Crippen LogP contribution in [0.25, 0.3) is 21.9 Å². The van der Waals surface area contributed by atoms with E-state index in [4.69, 9.17) is 14.5 Å². The molecule has 1 aliphatic rings. The molecule has 0 aliphatic carbocycles. The van der Waals surface area contributed by atoms with Crippen LogP contribution in [0.2, 0.25) is 0 Å². The van der Waals surface area contributed by atoms with Gasteiger partial charge < -0.3 is 18.9 Å². The van der Waals surface area contributed by atoms with Gasteiger partial charge in [-0.2, -0.15) is 0 Å². The zero-order valence-electron chi connectivity index (χ0n) is 17.6. The molecule has 2 aromatic carbocycles. The van der Waals surface area contributed by atoms with E-state index in [1.54, 1.807) is 0 Å². The van der Waals surface area contributed by atoms with Crippen LogP contribution in [0.5, 0.6) is 0 Å². The highest BCUT2D eigenvalue weighted by molar-refractivity contribution is 6.10. The normalized spacial score (nSPS) is 14.3. The SMILES string of the molecule is CCOC(=O)c1cc2c3ccccc3n(Cc3ccccc3)c2nc1N1CCOCC1. The minimum Gasteiger partial charge on any atom is -0.462 e. The van der Waals surface area contributed by atoms with Crippen molar-refractivity contribution < 1.29 is 14.3 Å². The van der Waals surface area contributed by atoms with Crippen molar-refractivity contribution in [2.75, 3.05) is 37.8 Å². The molecule has 158 valence electrons. The number of rotatable bonds is 5. The summed E-state index contributed by atoms with van der Waals surface area (Å²) in [7, 11) is 0. The quantitative estimate of drug-likeness (QED) is 0.456. The molecule has 0 radical (unpaired) electrons. The summed E-state index contributed by atoms with van der Waals surface area (Å²) in [6, 6.07) is 20.6. The molecule has 3 heterocycles. The molecule has 0 amide bonds. The number of anilines is 1. The molecule has 31 heavy (non-hydrogen) atoms. The van der Waals surface area contributed by atoms with E-state index < -0.39 is 0 Å². The van der Waals surface area contributed by atoms with E-state index in [2.05, 4.69) is 45.9 Å². The van der Waals surface area contributed by atoms with Crippen LogP contribution < -0.4 is 4.90 Å². The Bertz CT molecular complexity index is 1230. The van der Waals surface area contributed by atoms with Gasteiger partial charge in [0.25, 0.3) is 0 Å². The molecule has 0 saturated carbocycles. The molecule has 6 nitrogen and oxygen atoms in total. The Balaban J connectivity index is 1.75. The third-order valence-electron chi connectivity index (χ3n) is 5.71. The van der Waals surface area contributed by atoms with Gasteiger partial charge in [0.2, 0.25) is 0 Å². The maximum absolute atomic E-state index is 12.9. The van der Waals surface area contributed by atoms with Crippen molar-refractivity contribution in [1.82, 2.24) is 9.55 Å². The number of hydrogen-bond donors (Lipinski definition) is 0. The predicted molar refractivity (Wildman–Crippen MR) is 122 cm³/mol. The maximum Gasteiger partial charge on any atom is 0.341 e. The van der Waals surface area contributed by atoms with Crippen LogP contribution in [-0.2, 0) is 16.0 Å². The van der Waals surface area contributed by atoms with Crippen molar-refractivity contribution in [2.45, 2.75) is 13.5 Å². The van der Waals surface area contributed by atoms with Gasteiger partial charge in [0.05, 0.1) is 25.3 Å². The van der Waals surface area contributed by atoms with E-state index in [1.165, 1.54) is 5.56 Å². The second-order valence-electron chi connectivity index (χ2n) is 7.64. The molecule has 6 heteroatoms. The van der Waals surface area contributed by atoms with Gasteiger partial charge in [-0.15, -0.1) is 0 Å². The van der Waals surface area contributed by atoms with Gasteiger partial charge in [-0.1, -0.05) is 48.5 Å². The lowest BCUT2D eigenvalue weighted by Crippen LogP contribution is -2.38. The average molecular weight is 415 g/mol. The second-order valence-corrected chi connectivity index (χ2v) is 7.64. The monoisotopic (exact) mass is 415 g/mol. The van der Waals surface area contributed by atoms with Crippen molar-refractivity contribution in [3.05, 3.63) is 71.8 Å². The Morgan fingerprint density at radius 2 is 1.77 bits per heavy atom. The highest BCUT2D eigenvalue weighted by Gasteiger charge is 2.24. The van der Waals surface area contributed by atoms with Crippen molar-refractivity contribution in [3.8, 4) is 0 Å². The molecule has 0 N–H and O–H groups in total. The summed E-state index contributed by atoms with van der Waals surface area (Å²) in [6.07, 6.45) is 0. The van der Waals surface area contributed by atoms with Gasteiger partial charge in [-0.05, 0) is 24.6 Å². The van der Waals surface area contributed by atoms with E-state index in [1.807, 2.05) is 31.2 Å². The second kappa shape index (κ2) is 8.40. The van der Waals surface area contributed by atoms with Gasteiger partial charge in [0, 0.05) is 30.4 Å². The number of morpholine rings is 1. The number of nitrogens with zero attached hydrogens (tertiary/aromatic N) is 3. The highest BCUT2D eigenvalue weighted by Crippen LogP contribution is 2.33. The summed E-state index contributed by atoms with van der Waals surface area (Å²) >= 11 is 0. The summed E-state index contributed by atoms with van der Waals surface area (Å²) in [5.41, 5.74) is 3.69. The van der Waals surface area contributed by atoms with Crippen LogP contribution in [0.1, 0.15) is 22.8 Å². The predicted octanol–water partition coefficient (Wildman–Crippen LogP) is 4.25. The van der Waals surface area contributed by atoms with Gasteiger partial charge >= 0.3 is 5.97 Å². The van der Waals surface area contributed by atoms with Crippen molar-refractivity contribution in [3.63, 3.8) is 0 Å². The summed E-state index contributed by atoms with van der Waals surface area (Å²) in [6.45, 7) is 5.50. The average Bonchev–Trinajstić information content (AvgIpc) is 3.12. The van der Waals surface area contributed by atoms with Crippen LogP contribution in [0, 0.1) is 0 Å². The number of hydrogen-bond acceptors (Lipinski definition) is 5. The van der Waals surface area contributed by atoms with Crippen LogP contribution in [0.15, 0.2) is 60.7 Å². The van der Waals surface area contributed by atoms with Crippen LogP contribution in [0.3, 0.4) is 0 Å². The number of fused-ring (bicyclic) bond motifs is 3. The molecule has 1 saturated heterocycles. The van der Waals surface area contributed by atoms with Gasteiger partial charge in [0.1, 0.15) is 17.0 Å². The Morgan fingerprint density at radius 1 is 1.03 bits per heavy atom. The van der Waals surface area contributed by atoms with Crippen LogP contribution in [0.4, 0.5) is 5.82 Å². The zero-order chi connectivity index (χ0) is 21.2. The molecule has 0 atom stereocenters. The van der Waals surface area contributed by atoms with Crippen molar-refractivity contribution in [2.24, 2.45) is 0 Å². The Morgan fingerprint density at radius 3 is 2.55 bits per heavy atom. The number of carbonyl (C=O) groups excluding carboxylic acids is 1. The van der Waals surface area contributed by atoms with Gasteiger partial charge in [0.15, 0.2) is 0 Å². The summed E-state index contributed by atoms with van der Waals surface area (Å²) in [5, 5.41) is 2.05. The largest absolute Gasteiger partial charge is 0.462 e. The number of para-hydroxylation sites is 1. The lowest BCUT2D eigenvalue weighted by molar-refractivity contribution is 0.0526. The molecule has 0 unspecified atom stereocenters. The number of benzene rings is 2. The first-order valence-electron chi connectivity index (χ1n) is 10.7. The first kappa shape index (κ1) is 19.6. The molecule has 1 fully saturated rings. The number of aromatic nitrogens is 2. The minimum absolute atomic E-state index is 0.329. The first-order valence-corrected chi connectivity index (χ1v) is 10.7. The third kappa shape index (κ3) is 3.64. The maximum atomic E-state index is 12.9. The fourth-order valence-corrected chi connectivity index (χ4v) is 4.25. The summed E-state index contributed by atoms with van der Waals surface area (Å²) < 4.78 is 13.1. The molecule has 2 aromatic heterocycles. The Kier molecular flexibility index (Phi) is 5.30. The lowest BCUT2D eigenvalue weighted by atomic mass is 10.1. The zero-order valence-corrected chi connectivity index (χ0v) is 17.6. The molecular formula is C25H25N3O3. The number of pyridine rings is 1. The minimum atomic E-state index is -0.335. The highest BCUT2D eigenvalue weighted by atomic mass is 16.5. The van der Waals surface area contributed by atoms with E-state index in [-0.39, 0.29) is 5.97 Å². The van der Waals surface area contributed by atoms with Crippen molar-refractivity contribution in [1.29, 1.82) is 0 Å². The first-order chi connectivity index (χ1) is 15.3. The van der Waals surface area contributed by atoms with Gasteiger partial charge in [-0.25, -0.2) is 9.78 Å². The summed E-state index contributed by atoms with van der Waals surface area (Å²) in [5.74, 6) is 0.338. The number of carbonyl (C=O) groups is 1. The van der Waals surface area contributed by atoms with Crippen molar-refractivity contribution >= 4 is 33.7 Å². The number of esters is 1. The summed E-state index contributed by atoms with van der Waals surface area (Å²) in [4.78, 5) is 20.1. The standard InChI is InChI=1S/C25H25N3O3/c1-2-31-25(29)21-16-20-19-10-6-7-11-22(19)28(17-18-8-4-3-5-9-18)24(20)26-23(21)27-12-14-30-15-13-27/h3-11,16H,2,12-15,17H2,1H3. The smallest absolute Gasteiger partial charge is 0.341 e. The van der Waals surface area contributed by atoms with E-state index in [0.717, 1.165) is 21.9 Å². The van der Waals surface area contributed by atoms with E-state index >= 15 is 0 Å². The number of ether oxygens (including phenoxy) is 2. The van der Waals surface area contributed by atoms with Crippen LogP contribution >= 0.6 is 0 Å². The Labute approximate surface area is 181 Å². The molecular weight excluding hydrogens is 390 g/mol. The van der Waals surface area contributed by atoms with E-state index in [9.17, 15) is 4.79 Å². The third-order valence-corrected chi connectivity index (χ3v) is 5.71. The molecule has 5 rings (SSSR count). The van der Waals surface area contributed by atoms with E-state index in [0.29, 0.717) is 50.8 Å². The molecule has 1 aliphatic heterocycles.